The molecule has 0 spiro atoms. The molecule has 0 saturated carbocycles. The van der Waals surface area contributed by atoms with Gasteiger partial charge >= 0.3 is 0 Å². The van der Waals surface area contributed by atoms with E-state index in [1.54, 1.807) is 38.4 Å². The largest absolute Gasteiger partial charge is 0.497 e. The van der Waals surface area contributed by atoms with Crippen LogP contribution in [0, 0.1) is 0 Å². The smallest absolute Gasteiger partial charge is 0.251 e. The summed E-state index contributed by atoms with van der Waals surface area (Å²) in [5.74, 6) is 1.41. The van der Waals surface area contributed by atoms with Crippen molar-refractivity contribution in [3.8, 4) is 5.75 Å². The molecule has 2 rings (SSSR count). The Morgan fingerprint density at radius 3 is 2.54 bits per heavy atom. The first kappa shape index (κ1) is 22.0. The van der Waals surface area contributed by atoms with E-state index >= 15 is 0 Å². The lowest BCUT2D eigenvalue weighted by atomic mass is 10.0. The molecule has 1 aromatic carbocycles. The molecule has 1 aliphatic heterocycles. The molecule has 0 aromatic heterocycles. The van der Waals surface area contributed by atoms with E-state index in [4.69, 9.17) is 4.74 Å². The Morgan fingerprint density at radius 2 is 1.86 bits per heavy atom. The fourth-order valence-corrected chi connectivity index (χ4v) is 3.40. The first-order valence-electron chi connectivity index (χ1n) is 10.2. The van der Waals surface area contributed by atoms with Gasteiger partial charge in [0, 0.05) is 44.8 Å². The molecular weight excluding hydrogens is 354 g/mol. The van der Waals surface area contributed by atoms with Crippen molar-refractivity contribution in [2.75, 3.05) is 46.9 Å². The summed E-state index contributed by atoms with van der Waals surface area (Å²) < 4.78 is 5.10. The molecule has 0 bridgehead atoms. The number of aliphatic imine (C=N–C) groups is 1. The summed E-state index contributed by atoms with van der Waals surface area (Å²) in [6.45, 7) is 6.71. The molecule has 1 heterocycles. The van der Waals surface area contributed by atoms with Crippen LogP contribution in [0.3, 0.4) is 0 Å². The lowest BCUT2D eigenvalue weighted by Gasteiger charge is -2.33. The van der Waals surface area contributed by atoms with Crippen molar-refractivity contribution in [2.45, 2.75) is 38.6 Å². The molecule has 3 N–H and O–H groups in total. The number of methoxy groups -OCH3 is 1. The first-order valence-corrected chi connectivity index (χ1v) is 10.2. The number of guanidine groups is 1. The van der Waals surface area contributed by atoms with E-state index in [1.165, 1.54) is 25.8 Å². The van der Waals surface area contributed by atoms with Crippen LogP contribution in [0.1, 0.15) is 43.0 Å². The van der Waals surface area contributed by atoms with E-state index in [9.17, 15) is 4.79 Å². The van der Waals surface area contributed by atoms with E-state index in [0.717, 1.165) is 31.2 Å². The maximum absolute atomic E-state index is 12.1. The number of nitrogens with one attached hydrogen (secondary N) is 3. The van der Waals surface area contributed by atoms with E-state index in [-0.39, 0.29) is 5.91 Å². The van der Waals surface area contributed by atoms with Crippen LogP contribution in [0.15, 0.2) is 29.3 Å². The number of piperidine rings is 1. The van der Waals surface area contributed by atoms with Gasteiger partial charge in [0.25, 0.3) is 5.91 Å². The molecule has 1 saturated heterocycles. The zero-order valence-corrected chi connectivity index (χ0v) is 17.5. The second kappa shape index (κ2) is 12.2. The summed E-state index contributed by atoms with van der Waals surface area (Å²) in [6.07, 6.45) is 5.10. The molecule has 1 unspecified atom stereocenters. The van der Waals surface area contributed by atoms with Crippen molar-refractivity contribution in [3.05, 3.63) is 29.8 Å². The van der Waals surface area contributed by atoms with Crippen LogP contribution in [0.2, 0.25) is 0 Å². The Hall–Kier alpha value is -2.28. The lowest BCUT2D eigenvalue weighted by Crippen LogP contribution is -2.43. The predicted molar refractivity (Wildman–Crippen MR) is 114 cm³/mol. The highest BCUT2D eigenvalue weighted by Crippen LogP contribution is 2.16. The number of nitrogens with zero attached hydrogens (tertiary/aromatic N) is 2. The van der Waals surface area contributed by atoms with E-state index in [1.807, 2.05) is 0 Å². The monoisotopic (exact) mass is 389 g/mol. The SMILES string of the molecule is CN=C(NCCCN1CCCCC1C)NCCNC(=O)c1ccc(OC)cc1. The Morgan fingerprint density at radius 1 is 1.14 bits per heavy atom. The summed E-state index contributed by atoms with van der Waals surface area (Å²) in [5, 5.41) is 9.47. The third kappa shape index (κ3) is 7.38. The summed E-state index contributed by atoms with van der Waals surface area (Å²) in [5.41, 5.74) is 0.621. The molecule has 156 valence electrons. The van der Waals surface area contributed by atoms with Crippen LogP contribution in [0.25, 0.3) is 0 Å². The molecule has 1 atom stereocenters. The minimum atomic E-state index is -0.0944. The van der Waals surface area contributed by atoms with Crippen molar-refractivity contribution >= 4 is 11.9 Å². The van der Waals surface area contributed by atoms with Crippen LogP contribution in [0.4, 0.5) is 0 Å². The van der Waals surface area contributed by atoms with Gasteiger partial charge in [-0.2, -0.15) is 0 Å². The summed E-state index contributed by atoms with van der Waals surface area (Å²) in [6, 6.07) is 7.78. The maximum Gasteiger partial charge on any atom is 0.251 e. The molecule has 1 aliphatic rings. The molecule has 0 aliphatic carbocycles. The number of ether oxygens (including phenoxy) is 1. The van der Waals surface area contributed by atoms with Crippen LogP contribution in [-0.2, 0) is 0 Å². The first-order chi connectivity index (χ1) is 13.6. The number of rotatable bonds is 9. The van der Waals surface area contributed by atoms with Gasteiger partial charge < -0.3 is 25.6 Å². The molecule has 7 heteroatoms. The quantitative estimate of drug-likeness (QED) is 0.341. The third-order valence-electron chi connectivity index (χ3n) is 5.13. The Labute approximate surface area is 168 Å². The highest BCUT2D eigenvalue weighted by Gasteiger charge is 2.17. The molecule has 1 aromatic rings. The van der Waals surface area contributed by atoms with Gasteiger partial charge in [-0.3, -0.25) is 9.79 Å². The average molecular weight is 390 g/mol. The number of carbonyl (C=O) groups is 1. The number of hydrogen-bond donors (Lipinski definition) is 3. The molecule has 1 amide bonds. The number of carbonyl (C=O) groups excluding carboxylic acids is 1. The molecule has 0 radical (unpaired) electrons. The predicted octanol–water partition coefficient (Wildman–Crippen LogP) is 1.85. The summed E-state index contributed by atoms with van der Waals surface area (Å²) in [7, 11) is 3.37. The lowest BCUT2D eigenvalue weighted by molar-refractivity contribution is 0.0954. The van der Waals surface area contributed by atoms with Crippen molar-refractivity contribution in [1.82, 2.24) is 20.9 Å². The zero-order valence-electron chi connectivity index (χ0n) is 17.5. The second-order valence-corrected chi connectivity index (χ2v) is 7.14. The third-order valence-corrected chi connectivity index (χ3v) is 5.13. The van der Waals surface area contributed by atoms with Gasteiger partial charge in [0.15, 0.2) is 5.96 Å². The highest BCUT2D eigenvalue weighted by molar-refractivity contribution is 5.94. The van der Waals surface area contributed by atoms with Gasteiger partial charge in [-0.15, -0.1) is 0 Å². The van der Waals surface area contributed by atoms with Crippen LogP contribution in [0.5, 0.6) is 5.75 Å². The Bertz CT molecular complexity index is 618. The molecule has 1 fully saturated rings. The molecular formula is C21H35N5O2. The van der Waals surface area contributed by atoms with Gasteiger partial charge in [0.1, 0.15) is 5.75 Å². The fourth-order valence-electron chi connectivity index (χ4n) is 3.40. The van der Waals surface area contributed by atoms with Gasteiger partial charge in [-0.25, -0.2) is 0 Å². The standard InChI is InChI=1S/C21H35N5O2/c1-17-7-4-5-15-26(17)16-6-12-24-21(22-2)25-14-13-23-20(27)18-8-10-19(28-3)11-9-18/h8-11,17H,4-7,12-16H2,1-3H3,(H,23,27)(H2,22,24,25). The number of benzene rings is 1. The number of amides is 1. The van der Waals surface area contributed by atoms with Gasteiger partial charge in [0.2, 0.25) is 0 Å². The van der Waals surface area contributed by atoms with Crippen molar-refractivity contribution in [2.24, 2.45) is 4.99 Å². The molecule has 7 nitrogen and oxygen atoms in total. The summed E-state index contributed by atoms with van der Waals surface area (Å²) >= 11 is 0. The topological polar surface area (TPSA) is 78.0 Å². The van der Waals surface area contributed by atoms with Crippen LogP contribution >= 0.6 is 0 Å². The minimum Gasteiger partial charge on any atom is -0.497 e. The minimum absolute atomic E-state index is 0.0944. The second-order valence-electron chi connectivity index (χ2n) is 7.14. The number of hydrogen-bond acceptors (Lipinski definition) is 4. The van der Waals surface area contributed by atoms with Gasteiger partial charge in [0.05, 0.1) is 7.11 Å². The number of likely N-dealkylation sites (tertiary alicyclic amines) is 1. The highest BCUT2D eigenvalue weighted by atomic mass is 16.5. The van der Waals surface area contributed by atoms with E-state index in [0.29, 0.717) is 24.7 Å². The molecule has 28 heavy (non-hydrogen) atoms. The van der Waals surface area contributed by atoms with Gasteiger partial charge in [-0.1, -0.05) is 6.42 Å². The van der Waals surface area contributed by atoms with Crippen molar-refractivity contribution in [3.63, 3.8) is 0 Å². The maximum atomic E-state index is 12.1. The fraction of sp³-hybridized carbons (Fsp3) is 0.619. The average Bonchev–Trinajstić information content (AvgIpc) is 2.73. The van der Waals surface area contributed by atoms with Crippen LogP contribution < -0.4 is 20.7 Å². The van der Waals surface area contributed by atoms with Gasteiger partial charge in [-0.05, 0) is 57.0 Å². The van der Waals surface area contributed by atoms with Crippen molar-refractivity contribution < 1.29 is 9.53 Å². The van der Waals surface area contributed by atoms with E-state index in [2.05, 4.69) is 32.8 Å². The Balaban J connectivity index is 1.58. The van der Waals surface area contributed by atoms with Crippen molar-refractivity contribution in [1.29, 1.82) is 0 Å². The van der Waals surface area contributed by atoms with E-state index < -0.39 is 0 Å². The summed E-state index contributed by atoms with van der Waals surface area (Å²) in [4.78, 5) is 18.9. The Kier molecular flexibility index (Phi) is 9.62. The normalized spacial score (nSPS) is 17.8. The van der Waals surface area contributed by atoms with Crippen LogP contribution in [-0.4, -0.2) is 69.7 Å². The zero-order chi connectivity index (χ0) is 20.2.